The van der Waals surface area contributed by atoms with Crippen LogP contribution in [0.4, 0.5) is 5.82 Å². The van der Waals surface area contributed by atoms with Gasteiger partial charge in [0.25, 0.3) is 0 Å². The number of imidazole rings is 1. The Kier molecular flexibility index (Phi) is 3.39. The van der Waals surface area contributed by atoms with E-state index in [0.29, 0.717) is 11.7 Å². The maximum atomic E-state index is 9.22. The Balaban J connectivity index is 2.09. The van der Waals surface area contributed by atoms with Gasteiger partial charge in [-0.25, -0.2) is 4.98 Å². The Morgan fingerprint density at radius 1 is 1.14 bits per heavy atom. The van der Waals surface area contributed by atoms with Crippen LogP contribution in [0.25, 0.3) is 16.9 Å². The molecule has 0 atom stereocenters. The fourth-order valence-electron chi connectivity index (χ4n) is 2.44. The van der Waals surface area contributed by atoms with E-state index in [1.54, 1.807) is 0 Å². The van der Waals surface area contributed by atoms with Crippen molar-refractivity contribution in [2.24, 2.45) is 0 Å². The van der Waals surface area contributed by atoms with E-state index in [0.717, 1.165) is 22.5 Å². The van der Waals surface area contributed by atoms with Gasteiger partial charge in [-0.15, -0.1) is 0 Å². The number of aliphatic hydroxyl groups excluding tert-OH is 1. The third kappa shape index (κ3) is 2.38. The highest BCUT2D eigenvalue weighted by atomic mass is 16.3. The van der Waals surface area contributed by atoms with E-state index in [9.17, 15) is 5.11 Å². The van der Waals surface area contributed by atoms with Crippen molar-refractivity contribution in [2.45, 2.75) is 26.4 Å². The molecule has 2 heterocycles. The largest absolute Gasteiger partial charge is 0.392 e. The summed E-state index contributed by atoms with van der Waals surface area (Å²) in [6.45, 7) is 4.33. The van der Waals surface area contributed by atoms with E-state index in [-0.39, 0.29) is 6.61 Å². The van der Waals surface area contributed by atoms with Crippen molar-refractivity contribution in [2.75, 3.05) is 5.73 Å². The highest BCUT2D eigenvalue weighted by Crippen LogP contribution is 2.28. The quantitative estimate of drug-likeness (QED) is 0.775. The normalized spacial score (nSPS) is 11.4. The number of aromatic nitrogens is 2. The molecular weight excluding hydrogens is 262 g/mol. The van der Waals surface area contributed by atoms with Crippen molar-refractivity contribution in [1.29, 1.82) is 0 Å². The molecule has 108 valence electrons. The second kappa shape index (κ2) is 5.22. The number of nitrogens with two attached hydrogens (primary N) is 1. The molecule has 0 bridgehead atoms. The zero-order valence-corrected chi connectivity index (χ0v) is 12.2. The van der Waals surface area contributed by atoms with Crippen LogP contribution in [-0.4, -0.2) is 14.5 Å². The molecule has 1 aromatic carbocycles. The average Bonchev–Trinajstić information content (AvgIpc) is 2.84. The van der Waals surface area contributed by atoms with Crippen molar-refractivity contribution in [1.82, 2.24) is 9.38 Å². The lowest BCUT2D eigenvalue weighted by molar-refractivity contribution is 0.281. The van der Waals surface area contributed by atoms with E-state index < -0.39 is 0 Å². The molecule has 0 aliphatic rings. The number of pyridine rings is 1. The molecule has 0 unspecified atom stereocenters. The van der Waals surface area contributed by atoms with Crippen LogP contribution < -0.4 is 5.73 Å². The van der Waals surface area contributed by atoms with Crippen LogP contribution >= 0.6 is 0 Å². The maximum Gasteiger partial charge on any atom is 0.139 e. The highest BCUT2D eigenvalue weighted by Gasteiger charge is 2.12. The Bertz CT molecular complexity index is 773. The van der Waals surface area contributed by atoms with E-state index in [4.69, 9.17) is 5.73 Å². The SMILES string of the molecule is CC(C)c1ccc(-c2nc3ccc(CO)cn3c2N)cc1. The van der Waals surface area contributed by atoms with Crippen molar-refractivity contribution >= 4 is 11.5 Å². The number of rotatable bonds is 3. The zero-order valence-electron chi connectivity index (χ0n) is 12.2. The molecule has 0 amide bonds. The number of aliphatic hydroxyl groups is 1. The summed E-state index contributed by atoms with van der Waals surface area (Å²) in [5.41, 5.74) is 10.9. The van der Waals surface area contributed by atoms with Gasteiger partial charge >= 0.3 is 0 Å². The first-order valence-electron chi connectivity index (χ1n) is 7.08. The van der Waals surface area contributed by atoms with Crippen LogP contribution in [0.1, 0.15) is 30.9 Å². The molecule has 0 radical (unpaired) electrons. The van der Waals surface area contributed by atoms with E-state index in [1.165, 1.54) is 5.56 Å². The van der Waals surface area contributed by atoms with Crippen molar-refractivity contribution in [3.05, 3.63) is 53.7 Å². The summed E-state index contributed by atoms with van der Waals surface area (Å²) in [6, 6.07) is 12.1. The summed E-state index contributed by atoms with van der Waals surface area (Å²) in [4.78, 5) is 4.59. The van der Waals surface area contributed by atoms with Crippen LogP contribution in [0.5, 0.6) is 0 Å². The number of fused-ring (bicyclic) bond motifs is 1. The minimum atomic E-state index is -0.00796. The Morgan fingerprint density at radius 3 is 2.48 bits per heavy atom. The monoisotopic (exact) mass is 281 g/mol. The van der Waals surface area contributed by atoms with E-state index in [2.05, 4.69) is 43.1 Å². The second-order valence-corrected chi connectivity index (χ2v) is 5.55. The summed E-state index contributed by atoms with van der Waals surface area (Å²) in [5, 5.41) is 9.22. The molecule has 0 spiro atoms. The van der Waals surface area contributed by atoms with Crippen LogP contribution in [0.2, 0.25) is 0 Å². The number of nitrogens with zero attached hydrogens (tertiary/aromatic N) is 2. The molecule has 3 rings (SSSR count). The molecule has 0 saturated carbocycles. The number of benzene rings is 1. The summed E-state index contributed by atoms with van der Waals surface area (Å²) in [6.07, 6.45) is 1.82. The lowest BCUT2D eigenvalue weighted by atomic mass is 10.0. The molecule has 21 heavy (non-hydrogen) atoms. The smallest absolute Gasteiger partial charge is 0.139 e. The standard InChI is InChI=1S/C17H19N3O/c1-11(2)13-4-6-14(7-5-13)16-17(18)20-9-12(10-21)3-8-15(20)19-16/h3-9,11,21H,10,18H2,1-2H3. The van der Waals surface area contributed by atoms with Crippen LogP contribution in [0.15, 0.2) is 42.6 Å². The number of hydrogen-bond donors (Lipinski definition) is 2. The maximum absolute atomic E-state index is 9.22. The number of nitrogen functional groups attached to an aromatic ring is 1. The Hall–Kier alpha value is -2.33. The molecule has 0 fully saturated rings. The van der Waals surface area contributed by atoms with Gasteiger partial charge in [-0.05, 0) is 23.1 Å². The number of anilines is 1. The van der Waals surface area contributed by atoms with E-state index >= 15 is 0 Å². The fraction of sp³-hybridized carbons (Fsp3) is 0.235. The van der Waals surface area contributed by atoms with Gasteiger partial charge in [0.1, 0.15) is 17.2 Å². The molecule has 3 aromatic rings. The lowest BCUT2D eigenvalue weighted by Gasteiger charge is -2.06. The lowest BCUT2D eigenvalue weighted by Crippen LogP contribution is -1.96. The van der Waals surface area contributed by atoms with Crippen LogP contribution in [0.3, 0.4) is 0 Å². The van der Waals surface area contributed by atoms with Crippen molar-refractivity contribution < 1.29 is 5.11 Å². The molecule has 0 aliphatic carbocycles. The molecule has 0 aliphatic heterocycles. The van der Waals surface area contributed by atoms with Gasteiger partial charge in [-0.1, -0.05) is 44.2 Å². The van der Waals surface area contributed by atoms with Gasteiger partial charge in [-0.3, -0.25) is 4.40 Å². The minimum absolute atomic E-state index is 0.00796. The Morgan fingerprint density at radius 2 is 1.86 bits per heavy atom. The first-order valence-corrected chi connectivity index (χ1v) is 7.08. The molecule has 0 saturated heterocycles. The average molecular weight is 281 g/mol. The van der Waals surface area contributed by atoms with Gasteiger partial charge < -0.3 is 10.8 Å². The summed E-state index contributed by atoms with van der Waals surface area (Å²) in [7, 11) is 0. The predicted molar refractivity (Wildman–Crippen MR) is 85.1 cm³/mol. The van der Waals surface area contributed by atoms with Gasteiger partial charge in [-0.2, -0.15) is 0 Å². The van der Waals surface area contributed by atoms with Gasteiger partial charge in [0, 0.05) is 11.8 Å². The van der Waals surface area contributed by atoms with Crippen LogP contribution in [-0.2, 0) is 6.61 Å². The molecular formula is C17H19N3O. The third-order valence-electron chi connectivity index (χ3n) is 3.75. The molecule has 4 heteroatoms. The second-order valence-electron chi connectivity index (χ2n) is 5.55. The zero-order chi connectivity index (χ0) is 15.0. The summed E-state index contributed by atoms with van der Waals surface area (Å²) >= 11 is 0. The summed E-state index contributed by atoms with van der Waals surface area (Å²) < 4.78 is 1.82. The van der Waals surface area contributed by atoms with Gasteiger partial charge in [0.15, 0.2) is 0 Å². The molecule has 3 N–H and O–H groups in total. The van der Waals surface area contributed by atoms with Crippen LogP contribution in [0, 0.1) is 0 Å². The van der Waals surface area contributed by atoms with Gasteiger partial charge in [0.05, 0.1) is 6.61 Å². The van der Waals surface area contributed by atoms with Crippen molar-refractivity contribution in [3.8, 4) is 11.3 Å². The van der Waals surface area contributed by atoms with E-state index in [1.807, 2.05) is 22.7 Å². The van der Waals surface area contributed by atoms with Gasteiger partial charge in [0.2, 0.25) is 0 Å². The molecule has 4 nitrogen and oxygen atoms in total. The number of hydrogen-bond acceptors (Lipinski definition) is 3. The highest BCUT2D eigenvalue weighted by molar-refractivity contribution is 5.75. The topological polar surface area (TPSA) is 63.5 Å². The first-order chi connectivity index (χ1) is 10.1. The third-order valence-corrected chi connectivity index (χ3v) is 3.75. The Labute approximate surface area is 123 Å². The summed E-state index contributed by atoms with van der Waals surface area (Å²) in [5.74, 6) is 1.10. The minimum Gasteiger partial charge on any atom is -0.392 e. The van der Waals surface area contributed by atoms with Crippen molar-refractivity contribution in [3.63, 3.8) is 0 Å². The predicted octanol–water partition coefficient (Wildman–Crippen LogP) is 3.20. The fourth-order valence-corrected chi connectivity index (χ4v) is 2.44. The molecule has 2 aromatic heterocycles. The first kappa shape index (κ1) is 13.6.